The zero-order valence-corrected chi connectivity index (χ0v) is 22.1. The predicted molar refractivity (Wildman–Crippen MR) is 144 cm³/mol. The molecule has 1 atom stereocenters. The van der Waals surface area contributed by atoms with Crippen LogP contribution in [0.5, 0.6) is 17.2 Å². The minimum Gasteiger partial charge on any atom is -0.497 e. The van der Waals surface area contributed by atoms with Gasteiger partial charge in [0.15, 0.2) is 17.2 Å². The van der Waals surface area contributed by atoms with Crippen LogP contribution in [-0.4, -0.2) is 42.9 Å². The highest BCUT2D eigenvalue weighted by atomic mass is 79.9. The normalized spacial score (nSPS) is 20.6. The highest BCUT2D eigenvalue weighted by molar-refractivity contribution is 9.10. The fourth-order valence-corrected chi connectivity index (χ4v) is 6.01. The van der Waals surface area contributed by atoms with Crippen LogP contribution >= 0.6 is 15.9 Å². The van der Waals surface area contributed by atoms with Crippen molar-refractivity contribution in [3.05, 3.63) is 94.0 Å². The number of likely N-dealkylation sites (tertiary alicyclic amines) is 1. The second kappa shape index (κ2) is 9.47. The topological polar surface area (TPSA) is 46.2 Å². The van der Waals surface area contributed by atoms with E-state index in [0.29, 0.717) is 0 Å². The number of halogens is 1. The maximum absolute atomic E-state index is 6.91. The number of benzene rings is 3. The summed E-state index contributed by atoms with van der Waals surface area (Å²) in [5, 5.41) is 2.32. The van der Waals surface area contributed by atoms with E-state index >= 15 is 0 Å². The van der Waals surface area contributed by atoms with E-state index in [9.17, 15) is 0 Å². The summed E-state index contributed by atoms with van der Waals surface area (Å²) in [5.74, 6) is 2.43. The molecule has 1 saturated heterocycles. The van der Waals surface area contributed by atoms with Crippen molar-refractivity contribution in [1.82, 2.24) is 15.3 Å². The van der Waals surface area contributed by atoms with Gasteiger partial charge in [-0.2, -0.15) is 5.01 Å². The molecule has 0 saturated carbocycles. The molecule has 1 spiro atoms. The number of rotatable bonds is 5. The second-order valence-electron chi connectivity index (χ2n) is 9.58. The lowest BCUT2D eigenvalue weighted by Crippen LogP contribution is -2.63. The molecule has 7 heteroatoms. The largest absolute Gasteiger partial charge is 0.497 e. The van der Waals surface area contributed by atoms with E-state index in [2.05, 4.69) is 85.9 Å². The quantitative estimate of drug-likeness (QED) is 0.438. The number of nitrogens with one attached hydrogen (secondary N) is 1. The van der Waals surface area contributed by atoms with Crippen molar-refractivity contribution in [2.24, 2.45) is 0 Å². The van der Waals surface area contributed by atoms with Crippen molar-refractivity contribution >= 4 is 21.6 Å². The first-order chi connectivity index (χ1) is 17.6. The summed E-state index contributed by atoms with van der Waals surface area (Å²) in [5.41, 5.74) is 7.81. The molecule has 3 aliphatic heterocycles. The highest BCUT2D eigenvalue weighted by Crippen LogP contribution is 2.52. The number of piperidine rings is 1. The SMILES string of the molecule is COc1cccc(C2=CC3c4cc(Br)cc(OC)c4OC4(CCN(Cc5ccccc5)CC4)N3N2)c1. The molecular weight excluding hydrogens is 518 g/mol. The number of hydrazine groups is 1. The Morgan fingerprint density at radius 2 is 1.81 bits per heavy atom. The van der Waals surface area contributed by atoms with Crippen molar-refractivity contribution < 1.29 is 14.2 Å². The van der Waals surface area contributed by atoms with Gasteiger partial charge >= 0.3 is 0 Å². The van der Waals surface area contributed by atoms with Gasteiger partial charge in [-0.1, -0.05) is 58.4 Å². The number of ether oxygens (including phenoxy) is 3. The molecule has 0 aromatic heterocycles. The molecule has 3 aliphatic rings. The summed E-state index contributed by atoms with van der Waals surface area (Å²) < 4.78 is 19.1. The number of hydrogen-bond acceptors (Lipinski definition) is 6. The van der Waals surface area contributed by atoms with Crippen LogP contribution in [0.2, 0.25) is 0 Å². The second-order valence-corrected chi connectivity index (χ2v) is 10.5. The third-order valence-corrected chi connectivity index (χ3v) is 7.89. The number of methoxy groups -OCH3 is 2. The van der Waals surface area contributed by atoms with Gasteiger partial charge in [0.25, 0.3) is 0 Å². The van der Waals surface area contributed by atoms with Crippen LogP contribution in [-0.2, 0) is 6.54 Å². The minimum absolute atomic E-state index is 0.0158. The molecule has 3 aromatic rings. The average molecular weight is 548 g/mol. The van der Waals surface area contributed by atoms with E-state index < -0.39 is 5.72 Å². The molecule has 6 rings (SSSR count). The van der Waals surface area contributed by atoms with E-state index in [-0.39, 0.29) is 6.04 Å². The van der Waals surface area contributed by atoms with Gasteiger partial charge in [0.05, 0.1) is 26.0 Å². The third-order valence-electron chi connectivity index (χ3n) is 7.43. The summed E-state index contributed by atoms with van der Waals surface area (Å²) in [7, 11) is 3.41. The van der Waals surface area contributed by atoms with Crippen LogP contribution in [0.1, 0.15) is 35.6 Å². The van der Waals surface area contributed by atoms with Crippen LogP contribution in [0.25, 0.3) is 5.70 Å². The van der Waals surface area contributed by atoms with Gasteiger partial charge in [0.1, 0.15) is 5.75 Å². The van der Waals surface area contributed by atoms with E-state index in [0.717, 1.165) is 71.0 Å². The minimum atomic E-state index is -0.483. The lowest BCUT2D eigenvalue weighted by atomic mass is 9.92. The average Bonchev–Trinajstić information content (AvgIpc) is 3.38. The molecule has 0 amide bonds. The van der Waals surface area contributed by atoms with Gasteiger partial charge in [-0.15, -0.1) is 0 Å². The molecular formula is C29H30BrN3O3. The van der Waals surface area contributed by atoms with Crippen LogP contribution in [0, 0.1) is 0 Å². The van der Waals surface area contributed by atoms with Crippen LogP contribution in [0.3, 0.4) is 0 Å². The third kappa shape index (κ3) is 4.15. The smallest absolute Gasteiger partial charge is 0.183 e. The van der Waals surface area contributed by atoms with Gasteiger partial charge < -0.3 is 19.6 Å². The molecule has 36 heavy (non-hydrogen) atoms. The molecule has 1 N–H and O–H groups in total. The molecule has 1 unspecified atom stereocenters. The van der Waals surface area contributed by atoms with E-state index in [1.54, 1.807) is 14.2 Å². The Balaban J connectivity index is 1.34. The Kier molecular flexibility index (Phi) is 6.15. The maximum atomic E-state index is 6.91. The first kappa shape index (κ1) is 23.4. The summed E-state index contributed by atoms with van der Waals surface area (Å²) >= 11 is 3.67. The molecule has 0 aliphatic carbocycles. The van der Waals surface area contributed by atoms with E-state index in [4.69, 9.17) is 14.2 Å². The molecule has 6 nitrogen and oxygen atoms in total. The van der Waals surface area contributed by atoms with Crippen molar-refractivity contribution in [1.29, 1.82) is 0 Å². The zero-order valence-electron chi connectivity index (χ0n) is 20.5. The Labute approximate surface area is 220 Å². The summed E-state index contributed by atoms with van der Waals surface area (Å²) in [6.07, 6.45) is 4.04. The van der Waals surface area contributed by atoms with Gasteiger partial charge in [-0.25, -0.2) is 0 Å². The lowest BCUT2D eigenvalue weighted by Gasteiger charge is -2.52. The Hall–Kier alpha value is -3.00. The lowest BCUT2D eigenvalue weighted by molar-refractivity contribution is -0.161. The summed E-state index contributed by atoms with van der Waals surface area (Å²) in [6, 6.07) is 23.0. The predicted octanol–water partition coefficient (Wildman–Crippen LogP) is 5.75. The van der Waals surface area contributed by atoms with Crippen LogP contribution in [0.15, 0.2) is 77.3 Å². The fourth-order valence-electron chi connectivity index (χ4n) is 5.56. The van der Waals surface area contributed by atoms with Crippen molar-refractivity contribution in [2.45, 2.75) is 31.2 Å². The standard InChI is InChI=1S/C29H30BrN3O3/c1-34-23-10-6-9-21(15-23)25-18-26-24-16-22(30)17-27(35-2)28(24)36-29(33(26)31-25)11-13-32(14-12-29)19-20-7-4-3-5-8-20/h3-10,15-18,26,31H,11-14,19H2,1-2H3. The van der Waals surface area contributed by atoms with Crippen LogP contribution in [0.4, 0.5) is 0 Å². The molecule has 186 valence electrons. The molecule has 1 fully saturated rings. The Bertz CT molecular complexity index is 1290. The van der Waals surface area contributed by atoms with Gasteiger partial charge in [0, 0.05) is 48.1 Å². The van der Waals surface area contributed by atoms with E-state index in [1.807, 2.05) is 18.2 Å². The Morgan fingerprint density at radius 3 is 2.56 bits per heavy atom. The van der Waals surface area contributed by atoms with Crippen LogP contribution < -0.4 is 19.6 Å². The molecule has 0 bridgehead atoms. The first-order valence-electron chi connectivity index (χ1n) is 12.3. The first-order valence-corrected chi connectivity index (χ1v) is 13.1. The number of hydrogen-bond donors (Lipinski definition) is 1. The highest BCUT2D eigenvalue weighted by Gasteiger charge is 2.52. The van der Waals surface area contributed by atoms with Gasteiger partial charge in [0.2, 0.25) is 0 Å². The number of fused-ring (bicyclic) bond motifs is 4. The van der Waals surface area contributed by atoms with Gasteiger partial charge in [-0.3, -0.25) is 4.90 Å². The molecule has 3 heterocycles. The van der Waals surface area contributed by atoms with E-state index in [1.165, 1.54) is 5.56 Å². The monoisotopic (exact) mass is 547 g/mol. The Morgan fingerprint density at radius 1 is 1.00 bits per heavy atom. The van der Waals surface area contributed by atoms with Crippen molar-refractivity contribution in [2.75, 3.05) is 27.3 Å². The fraction of sp³-hybridized carbons (Fsp3) is 0.310. The zero-order chi connectivity index (χ0) is 24.7. The number of nitrogens with zero attached hydrogens (tertiary/aromatic N) is 2. The molecule has 3 aromatic carbocycles. The maximum Gasteiger partial charge on any atom is 0.183 e. The van der Waals surface area contributed by atoms with Gasteiger partial charge in [-0.05, 0) is 35.9 Å². The summed E-state index contributed by atoms with van der Waals surface area (Å²) in [6.45, 7) is 2.85. The van der Waals surface area contributed by atoms with Crippen molar-refractivity contribution in [3.63, 3.8) is 0 Å². The molecule has 0 radical (unpaired) electrons. The summed E-state index contributed by atoms with van der Waals surface area (Å²) in [4.78, 5) is 2.51. The van der Waals surface area contributed by atoms with Crippen molar-refractivity contribution in [3.8, 4) is 17.2 Å².